The molecule has 1 atom stereocenters. The first-order valence-electron chi connectivity index (χ1n) is 7.83. The highest BCUT2D eigenvalue weighted by atomic mass is 35.5. The van der Waals surface area contributed by atoms with E-state index >= 15 is 4.39 Å². The predicted octanol–water partition coefficient (Wildman–Crippen LogP) is 2.84. The van der Waals surface area contributed by atoms with E-state index in [0.717, 1.165) is 0 Å². The summed E-state index contributed by atoms with van der Waals surface area (Å²) in [5, 5.41) is 2.30. The van der Waals surface area contributed by atoms with Crippen LogP contribution in [0.4, 0.5) is 9.18 Å². The van der Waals surface area contributed by atoms with Crippen molar-refractivity contribution in [3.8, 4) is 0 Å². The normalized spacial score (nSPS) is 17.4. The maximum absolute atomic E-state index is 15.7. The van der Waals surface area contributed by atoms with Crippen LogP contribution in [-0.2, 0) is 20.1 Å². The Kier molecular flexibility index (Phi) is 5.58. The Morgan fingerprint density at radius 3 is 2.48 bits per heavy atom. The Morgan fingerprint density at radius 2 is 1.96 bits per heavy atom. The van der Waals surface area contributed by atoms with Crippen molar-refractivity contribution in [2.24, 2.45) is 0 Å². The van der Waals surface area contributed by atoms with E-state index in [9.17, 15) is 9.59 Å². The van der Waals surface area contributed by atoms with Crippen LogP contribution < -0.4 is 5.32 Å². The number of halogens is 2. The minimum Gasteiger partial charge on any atom is -0.444 e. The Morgan fingerprint density at radius 1 is 1.32 bits per heavy atom. The Bertz CT molecular complexity index is 658. The summed E-state index contributed by atoms with van der Waals surface area (Å²) in [5.41, 5.74) is -0.906. The molecule has 1 unspecified atom stereocenters. The minimum atomic E-state index is -2.79. The van der Waals surface area contributed by atoms with Gasteiger partial charge in [0.2, 0.25) is 0 Å². The van der Waals surface area contributed by atoms with Crippen LogP contribution in [0.1, 0.15) is 26.3 Å². The van der Waals surface area contributed by atoms with Gasteiger partial charge < -0.3 is 14.4 Å². The van der Waals surface area contributed by atoms with E-state index in [1.54, 1.807) is 26.8 Å². The molecule has 1 aliphatic heterocycles. The molecule has 6 nitrogen and oxygen atoms in total. The fraction of sp³-hybridized carbons (Fsp3) is 0.529. The van der Waals surface area contributed by atoms with E-state index in [1.165, 1.54) is 30.2 Å². The molecule has 1 saturated heterocycles. The van der Waals surface area contributed by atoms with Crippen LogP contribution in [0.5, 0.6) is 0 Å². The van der Waals surface area contributed by atoms with E-state index in [-0.39, 0.29) is 29.8 Å². The molecule has 0 aliphatic carbocycles. The van der Waals surface area contributed by atoms with Gasteiger partial charge in [-0.05, 0) is 32.9 Å². The first kappa shape index (κ1) is 19.5. The molecule has 1 heterocycles. The standard InChI is InChI=1S/C17H22ClFN2O4/c1-16(2,3)25-15(23)20-17(19,11-6-5-7-12(18)8-11)14(22)21-9-13(10-21)24-4/h5-8,13H,9-10H2,1-4H3,(H,20,23). The van der Waals surface area contributed by atoms with Crippen molar-refractivity contribution in [2.75, 3.05) is 20.2 Å². The summed E-state index contributed by atoms with van der Waals surface area (Å²) < 4.78 is 25.9. The maximum Gasteiger partial charge on any atom is 0.410 e. The molecule has 0 radical (unpaired) electrons. The summed E-state index contributed by atoms with van der Waals surface area (Å²) >= 11 is 5.92. The first-order chi connectivity index (χ1) is 11.5. The van der Waals surface area contributed by atoms with E-state index in [1.807, 2.05) is 0 Å². The number of carbonyl (C=O) groups is 2. The van der Waals surface area contributed by atoms with Gasteiger partial charge in [0.15, 0.2) is 0 Å². The molecular formula is C17H22ClFN2O4. The number of carbonyl (C=O) groups excluding carboxylic acids is 2. The quantitative estimate of drug-likeness (QED) is 0.825. The van der Waals surface area contributed by atoms with Gasteiger partial charge in [0, 0.05) is 30.8 Å². The summed E-state index contributed by atoms with van der Waals surface area (Å²) in [5.74, 6) is -3.68. The number of alkyl carbamates (subject to hydrolysis) is 1. The number of nitrogens with zero attached hydrogens (tertiary/aromatic N) is 1. The lowest BCUT2D eigenvalue weighted by Gasteiger charge is -2.41. The molecule has 1 fully saturated rings. The predicted molar refractivity (Wildman–Crippen MR) is 91.0 cm³/mol. The van der Waals surface area contributed by atoms with Gasteiger partial charge in [0.25, 0.3) is 11.7 Å². The number of alkyl halides is 1. The summed E-state index contributed by atoms with van der Waals surface area (Å²) in [6.45, 7) is 5.43. The molecule has 8 heteroatoms. The zero-order valence-corrected chi connectivity index (χ0v) is 15.4. The van der Waals surface area contributed by atoms with Gasteiger partial charge in [-0.1, -0.05) is 23.7 Å². The van der Waals surface area contributed by atoms with E-state index < -0.39 is 23.4 Å². The van der Waals surface area contributed by atoms with Crippen LogP contribution in [0.25, 0.3) is 0 Å². The summed E-state index contributed by atoms with van der Waals surface area (Å²) in [6, 6.07) is 5.73. The van der Waals surface area contributed by atoms with Crippen molar-refractivity contribution < 1.29 is 23.5 Å². The van der Waals surface area contributed by atoms with Crippen LogP contribution in [0, 0.1) is 0 Å². The van der Waals surface area contributed by atoms with Crippen molar-refractivity contribution in [3.05, 3.63) is 34.9 Å². The fourth-order valence-electron chi connectivity index (χ4n) is 2.37. The number of hydrogen-bond donors (Lipinski definition) is 1. The summed E-state index contributed by atoms with van der Waals surface area (Å²) in [7, 11) is 1.52. The average Bonchev–Trinajstić information content (AvgIpc) is 2.43. The van der Waals surface area contributed by atoms with Crippen molar-refractivity contribution in [1.82, 2.24) is 10.2 Å². The Labute approximate surface area is 151 Å². The van der Waals surface area contributed by atoms with Gasteiger partial charge in [-0.2, -0.15) is 0 Å². The number of hydrogen-bond acceptors (Lipinski definition) is 4. The van der Waals surface area contributed by atoms with Crippen LogP contribution >= 0.6 is 11.6 Å². The highest BCUT2D eigenvalue weighted by Gasteiger charge is 2.49. The molecule has 2 rings (SSSR count). The van der Waals surface area contributed by atoms with Gasteiger partial charge in [0.1, 0.15) is 5.60 Å². The summed E-state index contributed by atoms with van der Waals surface area (Å²) in [4.78, 5) is 26.1. The number of benzene rings is 1. The average molecular weight is 373 g/mol. The van der Waals surface area contributed by atoms with Crippen molar-refractivity contribution in [1.29, 1.82) is 0 Å². The third-order valence-corrected chi connectivity index (χ3v) is 3.89. The van der Waals surface area contributed by atoms with Crippen LogP contribution in [0.15, 0.2) is 24.3 Å². The minimum absolute atomic E-state index is 0.0725. The lowest BCUT2D eigenvalue weighted by molar-refractivity contribution is -0.159. The van der Waals surface area contributed by atoms with Crippen molar-refractivity contribution in [2.45, 2.75) is 38.3 Å². The zero-order valence-electron chi connectivity index (χ0n) is 14.6. The van der Waals surface area contributed by atoms with E-state index in [2.05, 4.69) is 5.32 Å². The van der Waals surface area contributed by atoms with Gasteiger partial charge in [0.05, 0.1) is 6.10 Å². The third-order valence-electron chi connectivity index (χ3n) is 3.66. The Balaban J connectivity index is 2.28. The second kappa shape index (κ2) is 7.17. The van der Waals surface area contributed by atoms with E-state index in [0.29, 0.717) is 0 Å². The lowest BCUT2D eigenvalue weighted by Crippen LogP contribution is -2.63. The van der Waals surface area contributed by atoms with Gasteiger partial charge in [-0.25, -0.2) is 9.18 Å². The number of amides is 2. The number of nitrogens with one attached hydrogen (secondary N) is 1. The number of likely N-dealkylation sites (tertiary alicyclic amines) is 1. The molecule has 2 amide bonds. The largest absolute Gasteiger partial charge is 0.444 e. The molecule has 1 aliphatic rings. The molecule has 25 heavy (non-hydrogen) atoms. The lowest BCUT2D eigenvalue weighted by atomic mass is 10.0. The summed E-state index contributed by atoms with van der Waals surface area (Å²) in [6.07, 6.45) is -1.18. The highest BCUT2D eigenvalue weighted by Crippen LogP contribution is 2.30. The van der Waals surface area contributed by atoms with Crippen LogP contribution in [0.2, 0.25) is 5.02 Å². The molecule has 1 aromatic rings. The van der Waals surface area contributed by atoms with Crippen molar-refractivity contribution in [3.63, 3.8) is 0 Å². The van der Waals surface area contributed by atoms with Gasteiger partial charge >= 0.3 is 6.09 Å². The highest BCUT2D eigenvalue weighted by molar-refractivity contribution is 6.30. The molecule has 0 saturated carbocycles. The molecular weight excluding hydrogens is 351 g/mol. The molecule has 138 valence electrons. The van der Waals surface area contributed by atoms with Gasteiger partial charge in [-0.3, -0.25) is 10.1 Å². The topological polar surface area (TPSA) is 67.9 Å². The second-order valence-corrected chi connectivity index (χ2v) is 7.30. The third kappa shape index (κ3) is 4.61. The first-order valence-corrected chi connectivity index (χ1v) is 8.21. The van der Waals surface area contributed by atoms with Crippen LogP contribution in [0.3, 0.4) is 0 Å². The zero-order chi connectivity index (χ0) is 18.8. The monoisotopic (exact) mass is 372 g/mol. The smallest absolute Gasteiger partial charge is 0.410 e. The molecule has 0 bridgehead atoms. The molecule has 0 spiro atoms. The molecule has 0 aromatic heterocycles. The fourth-order valence-corrected chi connectivity index (χ4v) is 2.56. The Hall–Kier alpha value is -1.86. The molecule has 1 aromatic carbocycles. The number of rotatable bonds is 4. The maximum atomic E-state index is 15.7. The van der Waals surface area contributed by atoms with E-state index in [4.69, 9.17) is 21.1 Å². The van der Waals surface area contributed by atoms with Gasteiger partial charge in [-0.15, -0.1) is 0 Å². The van der Waals surface area contributed by atoms with Crippen molar-refractivity contribution >= 4 is 23.6 Å². The second-order valence-electron chi connectivity index (χ2n) is 6.86. The number of methoxy groups -OCH3 is 1. The van der Waals surface area contributed by atoms with Crippen LogP contribution in [-0.4, -0.2) is 48.8 Å². The molecule has 1 N–H and O–H groups in total. The SMILES string of the molecule is COC1CN(C(=O)C(F)(NC(=O)OC(C)(C)C)c2cccc(Cl)c2)C1. The number of ether oxygens (including phenoxy) is 2.